The second-order valence-electron chi connectivity index (χ2n) is 8.86. The van der Waals surface area contributed by atoms with Gasteiger partial charge in [0, 0.05) is 46.4 Å². The summed E-state index contributed by atoms with van der Waals surface area (Å²) in [6.45, 7) is 0. The predicted octanol–water partition coefficient (Wildman–Crippen LogP) is 3.48. The Hall–Kier alpha value is -5.52. The number of imidazole rings is 1. The summed E-state index contributed by atoms with van der Waals surface area (Å²) in [6.07, 6.45) is 6.82. The molecule has 6 aromatic rings. The van der Waals surface area contributed by atoms with Gasteiger partial charge in [0.2, 0.25) is 0 Å². The molecule has 1 unspecified atom stereocenters. The first-order chi connectivity index (χ1) is 19.1. The Morgan fingerprint density at radius 1 is 1.03 bits per heavy atom. The Labute approximate surface area is 221 Å². The number of rotatable bonds is 8. The molecule has 6 rings (SSSR count). The summed E-state index contributed by atoms with van der Waals surface area (Å²) in [5, 5.41) is 14.8. The molecule has 1 amide bonds. The van der Waals surface area contributed by atoms with Crippen molar-refractivity contribution in [3.05, 3.63) is 84.8 Å². The number of anilines is 2. The zero-order chi connectivity index (χ0) is 26.8. The smallest absolute Gasteiger partial charge is 0.328 e. The lowest BCUT2D eigenvalue weighted by Gasteiger charge is -2.14. The highest BCUT2D eigenvalue weighted by atomic mass is 16.5. The summed E-state index contributed by atoms with van der Waals surface area (Å²) in [4.78, 5) is 44.4. The first-order valence-corrected chi connectivity index (χ1v) is 12.1. The fourth-order valence-electron chi connectivity index (χ4n) is 4.31. The molecule has 12 heteroatoms. The third-order valence-corrected chi connectivity index (χ3v) is 6.25. The van der Waals surface area contributed by atoms with Crippen LogP contribution in [0.25, 0.3) is 33.2 Å². The van der Waals surface area contributed by atoms with E-state index in [4.69, 9.17) is 4.74 Å². The largest absolute Gasteiger partial charge is 0.467 e. The molecule has 0 saturated heterocycles. The minimum absolute atomic E-state index is 0.198. The van der Waals surface area contributed by atoms with Gasteiger partial charge in [0.1, 0.15) is 17.6 Å². The maximum Gasteiger partial charge on any atom is 0.328 e. The van der Waals surface area contributed by atoms with E-state index in [1.165, 1.54) is 13.4 Å². The maximum atomic E-state index is 13.0. The molecule has 0 saturated carbocycles. The molecule has 0 bridgehead atoms. The van der Waals surface area contributed by atoms with Gasteiger partial charge in [0.05, 0.1) is 30.8 Å². The monoisotopic (exact) mass is 521 g/mol. The van der Waals surface area contributed by atoms with Gasteiger partial charge in [-0.1, -0.05) is 12.1 Å². The van der Waals surface area contributed by atoms with Crippen LogP contribution in [-0.4, -0.2) is 60.1 Å². The van der Waals surface area contributed by atoms with Crippen LogP contribution in [0.2, 0.25) is 0 Å². The molecule has 0 spiro atoms. The van der Waals surface area contributed by atoms with Crippen LogP contribution in [-0.2, 0) is 16.0 Å². The molecule has 39 heavy (non-hydrogen) atoms. The molecule has 194 valence electrons. The maximum absolute atomic E-state index is 13.0. The predicted molar refractivity (Wildman–Crippen MR) is 144 cm³/mol. The topological polar surface area (TPSA) is 166 Å². The number of esters is 1. The first kappa shape index (κ1) is 23.9. The van der Waals surface area contributed by atoms with Crippen LogP contribution in [0.5, 0.6) is 0 Å². The van der Waals surface area contributed by atoms with Gasteiger partial charge in [0.15, 0.2) is 5.82 Å². The van der Waals surface area contributed by atoms with E-state index >= 15 is 0 Å². The number of carbonyl (C=O) groups excluding carboxylic acids is 2. The number of methoxy groups -OCH3 is 1. The highest BCUT2D eigenvalue weighted by Crippen LogP contribution is 2.25. The third-order valence-electron chi connectivity index (χ3n) is 6.25. The van der Waals surface area contributed by atoms with Gasteiger partial charge in [-0.3, -0.25) is 9.89 Å². The average Bonchev–Trinajstić information content (AvgIpc) is 3.72. The molecule has 1 atom stereocenters. The van der Waals surface area contributed by atoms with E-state index in [1.807, 2.05) is 36.4 Å². The number of aromatic amines is 3. The van der Waals surface area contributed by atoms with E-state index in [2.05, 4.69) is 45.8 Å². The van der Waals surface area contributed by atoms with Crippen LogP contribution in [0, 0.1) is 0 Å². The van der Waals surface area contributed by atoms with Crippen LogP contribution in [0.3, 0.4) is 0 Å². The van der Waals surface area contributed by atoms with Gasteiger partial charge in [-0.2, -0.15) is 5.10 Å². The van der Waals surface area contributed by atoms with E-state index in [1.54, 1.807) is 30.7 Å². The highest BCUT2D eigenvalue weighted by molar-refractivity contribution is 6.00. The molecular formula is C27H23N9O3. The molecule has 2 aromatic carbocycles. The lowest BCUT2D eigenvalue weighted by molar-refractivity contribution is -0.142. The fraction of sp³-hybridized carbons (Fsp3) is 0.111. The summed E-state index contributed by atoms with van der Waals surface area (Å²) < 4.78 is 4.86. The quantitative estimate of drug-likeness (QED) is 0.190. The Morgan fingerprint density at radius 3 is 2.79 bits per heavy atom. The molecule has 0 aliphatic heterocycles. The number of hydrogen-bond donors (Lipinski definition) is 5. The molecule has 0 aliphatic carbocycles. The number of carbonyl (C=O) groups is 2. The van der Waals surface area contributed by atoms with Crippen molar-refractivity contribution < 1.29 is 14.3 Å². The van der Waals surface area contributed by atoms with Gasteiger partial charge < -0.3 is 25.3 Å². The van der Waals surface area contributed by atoms with Gasteiger partial charge in [0.25, 0.3) is 5.91 Å². The third kappa shape index (κ3) is 5.03. The number of H-pyrrole nitrogens is 3. The zero-order valence-electron chi connectivity index (χ0n) is 20.7. The lowest BCUT2D eigenvalue weighted by Crippen LogP contribution is -2.43. The fourth-order valence-corrected chi connectivity index (χ4v) is 4.31. The second kappa shape index (κ2) is 10.1. The van der Waals surface area contributed by atoms with Gasteiger partial charge in [-0.15, -0.1) is 0 Å². The van der Waals surface area contributed by atoms with Gasteiger partial charge in [-0.05, 0) is 36.4 Å². The number of aromatic nitrogens is 7. The van der Waals surface area contributed by atoms with Crippen LogP contribution in [0.15, 0.2) is 73.4 Å². The van der Waals surface area contributed by atoms with E-state index in [0.717, 1.165) is 33.1 Å². The van der Waals surface area contributed by atoms with Crippen LogP contribution >= 0.6 is 0 Å². The summed E-state index contributed by atoms with van der Waals surface area (Å²) in [5.41, 5.74) is 4.27. The SMILES string of the molecule is COC(=O)C(Cc1c[nH]cn1)NC(=O)c1cc2ccc(-c3nccc(Nc4ccc5[nH]ncc5c4)n3)cc2[nH]1. The molecule has 12 nitrogen and oxygen atoms in total. The van der Waals surface area contributed by atoms with Crippen LogP contribution in [0.4, 0.5) is 11.5 Å². The van der Waals surface area contributed by atoms with Crippen molar-refractivity contribution in [3.8, 4) is 11.4 Å². The van der Waals surface area contributed by atoms with Crippen LogP contribution < -0.4 is 10.6 Å². The minimum Gasteiger partial charge on any atom is -0.467 e. The number of nitrogens with zero attached hydrogens (tertiary/aromatic N) is 4. The number of fused-ring (bicyclic) bond motifs is 2. The lowest BCUT2D eigenvalue weighted by atomic mass is 10.1. The first-order valence-electron chi connectivity index (χ1n) is 12.1. The van der Waals surface area contributed by atoms with E-state index in [0.29, 0.717) is 23.0 Å². The normalized spacial score (nSPS) is 11.9. The summed E-state index contributed by atoms with van der Waals surface area (Å²) in [6, 6.07) is 14.2. The molecular weight excluding hydrogens is 498 g/mol. The molecule has 4 heterocycles. The van der Waals surface area contributed by atoms with Crippen molar-refractivity contribution in [1.82, 2.24) is 40.4 Å². The number of benzene rings is 2. The van der Waals surface area contributed by atoms with Crippen molar-refractivity contribution in [2.45, 2.75) is 12.5 Å². The number of nitrogens with one attached hydrogen (secondary N) is 5. The average molecular weight is 522 g/mol. The highest BCUT2D eigenvalue weighted by Gasteiger charge is 2.24. The Bertz CT molecular complexity index is 1790. The summed E-state index contributed by atoms with van der Waals surface area (Å²) >= 11 is 0. The van der Waals surface area contributed by atoms with Gasteiger partial charge in [-0.25, -0.2) is 19.7 Å². The van der Waals surface area contributed by atoms with E-state index in [-0.39, 0.29) is 6.42 Å². The number of hydrogen-bond acceptors (Lipinski definition) is 8. The standard InChI is InChI=1S/C27H23N9O3/c1-39-27(38)23(11-19-13-28-14-30-19)34-26(37)22-9-15-2-3-16(10-21(15)33-22)25-29-7-6-24(35-25)32-18-4-5-20-17(8-18)12-31-36-20/h2-10,12-14,23,33H,11H2,1H3,(H,28,30)(H,31,36)(H,34,37)(H,29,32,35). The Kier molecular flexibility index (Phi) is 6.17. The van der Waals surface area contributed by atoms with E-state index in [9.17, 15) is 9.59 Å². The van der Waals surface area contributed by atoms with Crippen molar-refractivity contribution >= 4 is 45.2 Å². The summed E-state index contributed by atoms with van der Waals surface area (Å²) in [7, 11) is 1.28. The van der Waals surface area contributed by atoms with Crippen molar-refractivity contribution in [2.75, 3.05) is 12.4 Å². The van der Waals surface area contributed by atoms with Crippen molar-refractivity contribution in [1.29, 1.82) is 0 Å². The van der Waals surface area contributed by atoms with Gasteiger partial charge >= 0.3 is 5.97 Å². The molecule has 5 N–H and O–H groups in total. The van der Waals surface area contributed by atoms with Crippen LogP contribution in [0.1, 0.15) is 16.2 Å². The zero-order valence-corrected chi connectivity index (χ0v) is 20.7. The number of amides is 1. The Balaban J connectivity index is 1.21. The van der Waals surface area contributed by atoms with E-state index < -0.39 is 17.9 Å². The molecule has 0 aliphatic rings. The molecule has 0 fully saturated rings. The number of ether oxygens (including phenoxy) is 1. The molecule has 4 aromatic heterocycles. The summed E-state index contributed by atoms with van der Waals surface area (Å²) in [5.74, 6) is 0.174. The van der Waals surface area contributed by atoms with Crippen molar-refractivity contribution in [2.24, 2.45) is 0 Å². The molecule has 0 radical (unpaired) electrons. The van der Waals surface area contributed by atoms with Crippen molar-refractivity contribution in [3.63, 3.8) is 0 Å². The minimum atomic E-state index is -0.884. The Morgan fingerprint density at radius 2 is 1.95 bits per heavy atom. The second-order valence-corrected chi connectivity index (χ2v) is 8.86.